The first-order valence-electron chi connectivity index (χ1n) is 7.72. The number of benzene rings is 2. The number of nitrogens with two attached hydrogens (primary N) is 1. The van der Waals surface area contributed by atoms with Crippen LogP contribution >= 0.6 is 0 Å². The zero-order chi connectivity index (χ0) is 17.4. The van der Waals surface area contributed by atoms with Gasteiger partial charge >= 0.3 is 0 Å². The molecule has 0 bridgehead atoms. The molecular formula is C18H22N2O4. The van der Waals surface area contributed by atoms with Crippen molar-refractivity contribution in [2.45, 2.75) is 12.5 Å². The number of nitrogens with one attached hydrogen (secondary N) is 1. The van der Waals surface area contributed by atoms with Crippen molar-refractivity contribution in [1.82, 2.24) is 5.32 Å². The highest BCUT2D eigenvalue weighted by Crippen LogP contribution is 2.16. The molecule has 5 N–H and O–H groups in total. The van der Waals surface area contributed by atoms with Crippen LogP contribution in [0, 0.1) is 0 Å². The molecule has 1 atom stereocenters. The standard InChI is InChI=1S/C18H22N2O4/c19-18(23)11-13-1-7-16(8-2-13)24-10-9-20-12-17(22)14-3-5-15(21)6-4-14/h1-8,17,20-22H,9-12H2,(H2,19,23). The second-order valence-corrected chi connectivity index (χ2v) is 5.45. The van der Waals surface area contributed by atoms with Crippen molar-refractivity contribution in [3.05, 3.63) is 59.7 Å². The van der Waals surface area contributed by atoms with E-state index in [0.29, 0.717) is 25.4 Å². The van der Waals surface area contributed by atoms with E-state index in [9.17, 15) is 15.0 Å². The lowest BCUT2D eigenvalue weighted by Gasteiger charge is -2.13. The zero-order valence-electron chi connectivity index (χ0n) is 13.3. The smallest absolute Gasteiger partial charge is 0.221 e. The number of phenolic OH excluding ortho intramolecular Hbond substituents is 1. The van der Waals surface area contributed by atoms with Gasteiger partial charge in [0.15, 0.2) is 0 Å². The molecule has 0 radical (unpaired) electrons. The Morgan fingerprint density at radius 2 is 1.79 bits per heavy atom. The van der Waals surface area contributed by atoms with Crippen molar-refractivity contribution in [3.63, 3.8) is 0 Å². The highest BCUT2D eigenvalue weighted by molar-refractivity contribution is 5.76. The van der Waals surface area contributed by atoms with Crippen molar-refractivity contribution in [2.75, 3.05) is 19.7 Å². The summed E-state index contributed by atoms with van der Waals surface area (Å²) in [5.41, 5.74) is 6.73. The number of phenols is 1. The van der Waals surface area contributed by atoms with E-state index in [4.69, 9.17) is 10.5 Å². The SMILES string of the molecule is NC(=O)Cc1ccc(OCCNCC(O)c2ccc(O)cc2)cc1. The molecule has 0 aliphatic heterocycles. The molecule has 0 saturated heterocycles. The molecule has 0 spiro atoms. The van der Waals surface area contributed by atoms with Gasteiger partial charge in [-0.25, -0.2) is 0 Å². The van der Waals surface area contributed by atoms with E-state index in [1.54, 1.807) is 36.4 Å². The summed E-state index contributed by atoms with van der Waals surface area (Å²) in [7, 11) is 0. The number of hydrogen-bond donors (Lipinski definition) is 4. The average molecular weight is 330 g/mol. The first-order chi connectivity index (χ1) is 11.5. The molecule has 0 saturated carbocycles. The minimum atomic E-state index is -0.640. The van der Waals surface area contributed by atoms with Gasteiger partial charge in [-0.05, 0) is 35.4 Å². The van der Waals surface area contributed by atoms with Crippen molar-refractivity contribution in [3.8, 4) is 11.5 Å². The maximum atomic E-state index is 10.8. The number of rotatable bonds is 9. The second kappa shape index (κ2) is 8.90. The first-order valence-corrected chi connectivity index (χ1v) is 7.72. The molecule has 2 aromatic rings. The van der Waals surface area contributed by atoms with Crippen LogP contribution in [0.4, 0.5) is 0 Å². The summed E-state index contributed by atoms with van der Waals surface area (Å²) >= 11 is 0. The lowest BCUT2D eigenvalue weighted by Crippen LogP contribution is -2.26. The molecule has 6 heteroatoms. The van der Waals surface area contributed by atoms with E-state index < -0.39 is 6.10 Å². The fourth-order valence-electron chi connectivity index (χ4n) is 2.20. The van der Waals surface area contributed by atoms with Crippen LogP contribution in [0.2, 0.25) is 0 Å². The van der Waals surface area contributed by atoms with Crippen molar-refractivity contribution < 1.29 is 19.7 Å². The Kier molecular flexibility index (Phi) is 6.60. The van der Waals surface area contributed by atoms with Gasteiger partial charge < -0.3 is 26.0 Å². The topological polar surface area (TPSA) is 105 Å². The third-order valence-electron chi connectivity index (χ3n) is 3.46. The van der Waals surface area contributed by atoms with E-state index in [-0.39, 0.29) is 18.1 Å². The monoisotopic (exact) mass is 330 g/mol. The van der Waals surface area contributed by atoms with Crippen LogP contribution in [-0.2, 0) is 11.2 Å². The minimum absolute atomic E-state index is 0.175. The van der Waals surface area contributed by atoms with Crippen LogP contribution in [0.5, 0.6) is 11.5 Å². The van der Waals surface area contributed by atoms with Gasteiger partial charge in [-0.1, -0.05) is 24.3 Å². The quantitative estimate of drug-likeness (QED) is 0.516. The molecule has 2 aromatic carbocycles. The summed E-state index contributed by atoms with van der Waals surface area (Å²) in [4.78, 5) is 10.8. The predicted molar refractivity (Wildman–Crippen MR) is 90.8 cm³/mol. The fourth-order valence-corrected chi connectivity index (χ4v) is 2.20. The van der Waals surface area contributed by atoms with Gasteiger partial charge in [-0.15, -0.1) is 0 Å². The summed E-state index contributed by atoms with van der Waals surface area (Å²) in [6, 6.07) is 13.7. The Labute approximate surface area is 140 Å². The molecule has 0 aliphatic rings. The van der Waals surface area contributed by atoms with Crippen LogP contribution in [0.25, 0.3) is 0 Å². The highest BCUT2D eigenvalue weighted by Gasteiger charge is 2.06. The highest BCUT2D eigenvalue weighted by atomic mass is 16.5. The van der Waals surface area contributed by atoms with Gasteiger partial charge in [-0.3, -0.25) is 4.79 Å². The lowest BCUT2D eigenvalue weighted by molar-refractivity contribution is -0.117. The Bertz CT molecular complexity index is 641. The van der Waals surface area contributed by atoms with Gasteiger partial charge in [0, 0.05) is 13.1 Å². The van der Waals surface area contributed by atoms with Crippen LogP contribution < -0.4 is 15.8 Å². The largest absolute Gasteiger partial charge is 0.508 e. The van der Waals surface area contributed by atoms with Crippen molar-refractivity contribution in [2.24, 2.45) is 5.73 Å². The number of carbonyl (C=O) groups is 1. The molecule has 24 heavy (non-hydrogen) atoms. The summed E-state index contributed by atoms with van der Waals surface area (Å²) in [5, 5.41) is 22.3. The molecule has 0 heterocycles. The summed E-state index contributed by atoms with van der Waals surface area (Å²) in [5.74, 6) is 0.526. The third kappa shape index (κ3) is 5.91. The molecule has 128 valence electrons. The molecule has 6 nitrogen and oxygen atoms in total. The number of ether oxygens (including phenoxy) is 1. The predicted octanol–water partition coefficient (Wildman–Crippen LogP) is 1.12. The third-order valence-corrected chi connectivity index (χ3v) is 3.46. The zero-order valence-corrected chi connectivity index (χ0v) is 13.3. The number of aliphatic hydroxyl groups is 1. The molecule has 0 aliphatic carbocycles. The Balaban J connectivity index is 1.65. The first kappa shape index (κ1) is 17.8. The molecular weight excluding hydrogens is 308 g/mol. The molecule has 2 rings (SSSR count). The lowest BCUT2D eigenvalue weighted by atomic mass is 10.1. The maximum absolute atomic E-state index is 10.8. The summed E-state index contributed by atoms with van der Waals surface area (Å²) in [6.07, 6.45) is -0.421. The van der Waals surface area contributed by atoms with Gasteiger partial charge in [0.1, 0.15) is 18.1 Å². The van der Waals surface area contributed by atoms with Gasteiger partial charge in [0.2, 0.25) is 5.91 Å². The van der Waals surface area contributed by atoms with E-state index >= 15 is 0 Å². The van der Waals surface area contributed by atoms with E-state index in [0.717, 1.165) is 11.1 Å². The van der Waals surface area contributed by atoms with E-state index in [2.05, 4.69) is 5.32 Å². The van der Waals surface area contributed by atoms with Crippen molar-refractivity contribution in [1.29, 1.82) is 0 Å². The molecule has 0 aromatic heterocycles. The van der Waals surface area contributed by atoms with Gasteiger partial charge in [0.05, 0.1) is 12.5 Å². The summed E-state index contributed by atoms with van der Waals surface area (Å²) in [6.45, 7) is 1.43. The number of primary amides is 1. The Hall–Kier alpha value is -2.57. The van der Waals surface area contributed by atoms with E-state index in [1.807, 2.05) is 12.1 Å². The van der Waals surface area contributed by atoms with E-state index in [1.165, 1.54) is 0 Å². The number of carbonyl (C=O) groups excluding carboxylic acids is 1. The van der Waals surface area contributed by atoms with Crippen LogP contribution in [0.3, 0.4) is 0 Å². The second-order valence-electron chi connectivity index (χ2n) is 5.45. The minimum Gasteiger partial charge on any atom is -0.508 e. The number of aromatic hydroxyl groups is 1. The molecule has 0 fully saturated rings. The molecule has 1 unspecified atom stereocenters. The van der Waals surface area contributed by atoms with Gasteiger partial charge in [-0.2, -0.15) is 0 Å². The maximum Gasteiger partial charge on any atom is 0.221 e. The Morgan fingerprint density at radius 1 is 1.12 bits per heavy atom. The Morgan fingerprint density at radius 3 is 2.42 bits per heavy atom. The fraction of sp³-hybridized carbons (Fsp3) is 0.278. The van der Waals surface area contributed by atoms with Gasteiger partial charge in [0.25, 0.3) is 0 Å². The van der Waals surface area contributed by atoms with Crippen LogP contribution in [0.1, 0.15) is 17.2 Å². The van der Waals surface area contributed by atoms with Crippen LogP contribution in [-0.4, -0.2) is 35.8 Å². The van der Waals surface area contributed by atoms with Crippen molar-refractivity contribution >= 4 is 5.91 Å². The van der Waals surface area contributed by atoms with Crippen LogP contribution in [0.15, 0.2) is 48.5 Å². The normalized spacial score (nSPS) is 11.9. The average Bonchev–Trinajstić information content (AvgIpc) is 2.56. The number of aliphatic hydroxyl groups excluding tert-OH is 1. The number of hydrogen-bond acceptors (Lipinski definition) is 5. The summed E-state index contributed by atoms with van der Waals surface area (Å²) < 4.78 is 5.58. The molecule has 1 amide bonds. The number of amides is 1.